The van der Waals surface area contributed by atoms with Crippen LogP contribution in [0.25, 0.3) is 0 Å². The van der Waals surface area contributed by atoms with Crippen LogP contribution in [-0.2, 0) is 4.74 Å². The topological polar surface area (TPSA) is 151 Å². The summed E-state index contributed by atoms with van der Waals surface area (Å²) in [7, 11) is 0. The first-order chi connectivity index (χ1) is 12.4. The standard InChI is InChI=1S/C16H21N3O6S/c17-15-8(6-19(16(24)18-15)11-2-1-5-26-11)3-4-9-12(21)14(23)13(22)10(7-20)25-9/h6,9-14,20-23H,1-2,5,7H2,(H2,17,18,24)/t9-,10+,11?,12+,13+,14+/m0/s1. The van der Waals surface area contributed by atoms with Crippen LogP contribution in [0.15, 0.2) is 11.0 Å². The van der Waals surface area contributed by atoms with Gasteiger partial charge < -0.3 is 30.9 Å². The van der Waals surface area contributed by atoms with E-state index in [1.807, 2.05) is 0 Å². The molecule has 0 radical (unpaired) electrons. The molecule has 6 N–H and O–H groups in total. The van der Waals surface area contributed by atoms with Gasteiger partial charge in [-0.2, -0.15) is 4.98 Å². The number of hydrogen-bond donors (Lipinski definition) is 5. The van der Waals surface area contributed by atoms with Gasteiger partial charge in [0, 0.05) is 6.20 Å². The Morgan fingerprint density at radius 2 is 2.12 bits per heavy atom. The van der Waals surface area contributed by atoms with Gasteiger partial charge in [0.15, 0.2) is 0 Å². The van der Waals surface area contributed by atoms with Crippen LogP contribution in [0.1, 0.15) is 23.8 Å². The third-order valence-electron chi connectivity index (χ3n) is 4.44. The molecule has 1 aromatic rings. The van der Waals surface area contributed by atoms with Crippen molar-refractivity contribution in [3.05, 3.63) is 22.2 Å². The van der Waals surface area contributed by atoms with Crippen LogP contribution in [-0.4, -0.2) is 72.9 Å². The number of aliphatic hydroxyl groups excluding tert-OH is 4. The number of ether oxygens (including phenoxy) is 1. The lowest BCUT2D eigenvalue weighted by atomic mass is 9.95. The Morgan fingerprint density at radius 1 is 1.35 bits per heavy atom. The van der Waals surface area contributed by atoms with Gasteiger partial charge in [-0.1, -0.05) is 11.8 Å². The van der Waals surface area contributed by atoms with Gasteiger partial charge in [-0.15, -0.1) is 11.8 Å². The maximum Gasteiger partial charge on any atom is 0.350 e. The van der Waals surface area contributed by atoms with Crippen LogP contribution < -0.4 is 11.4 Å². The molecule has 0 saturated carbocycles. The van der Waals surface area contributed by atoms with Gasteiger partial charge in [0.1, 0.15) is 36.3 Å². The molecule has 26 heavy (non-hydrogen) atoms. The summed E-state index contributed by atoms with van der Waals surface area (Å²) in [5, 5.41) is 38.8. The van der Waals surface area contributed by atoms with Gasteiger partial charge in [0.2, 0.25) is 0 Å². The second-order valence-electron chi connectivity index (χ2n) is 6.22. The number of thioether (sulfide) groups is 1. The minimum atomic E-state index is -1.50. The van der Waals surface area contributed by atoms with E-state index in [9.17, 15) is 25.2 Å². The average molecular weight is 383 g/mol. The molecule has 2 saturated heterocycles. The molecule has 142 valence electrons. The highest BCUT2D eigenvalue weighted by atomic mass is 32.2. The fourth-order valence-corrected chi connectivity index (χ4v) is 4.18. The van der Waals surface area contributed by atoms with Crippen LogP contribution in [0.3, 0.4) is 0 Å². The van der Waals surface area contributed by atoms with E-state index in [1.54, 1.807) is 11.8 Å². The van der Waals surface area contributed by atoms with Gasteiger partial charge in [0.25, 0.3) is 0 Å². The molecule has 0 amide bonds. The van der Waals surface area contributed by atoms with Crippen molar-refractivity contribution >= 4 is 17.6 Å². The molecule has 0 bridgehead atoms. The van der Waals surface area contributed by atoms with Crippen molar-refractivity contribution in [2.45, 2.75) is 48.7 Å². The number of nitrogen functional groups attached to an aromatic ring is 1. The molecule has 10 heteroatoms. The molecule has 6 atom stereocenters. The van der Waals surface area contributed by atoms with Crippen molar-refractivity contribution < 1.29 is 25.2 Å². The van der Waals surface area contributed by atoms with Gasteiger partial charge >= 0.3 is 5.69 Å². The first-order valence-corrected chi connectivity index (χ1v) is 9.29. The average Bonchev–Trinajstić information content (AvgIpc) is 3.15. The Labute approximate surface area is 153 Å². The molecule has 2 aliphatic heterocycles. The summed E-state index contributed by atoms with van der Waals surface area (Å²) in [6.07, 6.45) is -3.16. The highest BCUT2D eigenvalue weighted by molar-refractivity contribution is 7.99. The maximum atomic E-state index is 12.1. The summed E-state index contributed by atoms with van der Waals surface area (Å²) in [6.45, 7) is -0.531. The fourth-order valence-electron chi connectivity index (χ4n) is 2.93. The summed E-state index contributed by atoms with van der Waals surface area (Å²) in [5.74, 6) is 6.28. The first kappa shape index (κ1) is 19.2. The van der Waals surface area contributed by atoms with Crippen LogP contribution in [0.4, 0.5) is 5.82 Å². The first-order valence-electron chi connectivity index (χ1n) is 8.24. The van der Waals surface area contributed by atoms with Crippen molar-refractivity contribution in [3.63, 3.8) is 0 Å². The Bertz CT molecular complexity index is 767. The predicted molar refractivity (Wildman–Crippen MR) is 94.3 cm³/mol. The fraction of sp³-hybridized carbons (Fsp3) is 0.625. The molecule has 1 aromatic heterocycles. The quantitative estimate of drug-likeness (QED) is 0.367. The van der Waals surface area contributed by atoms with Crippen LogP contribution in [0.2, 0.25) is 0 Å². The van der Waals surface area contributed by atoms with Crippen molar-refractivity contribution in [3.8, 4) is 11.8 Å². The van der Waals surface area contributed by atoms with Gasteiger partial charge in [-0.25, -0.2) is 4.79 Å². The molecular weight excluding hydrogens is 362 g/mol. The zero-order chi connectivity index (χ0) is 18.8. The summed E-state index contributed by atoms with van der Waals surface area (Å²) < 4.78 is 6.82. The van der Waals surface area contributed by atoms with E-state index < -0.39 is 42.8 Å². The highest BCUT2D eigenvalue weighted by Gasteiger charge is 2.42. The lowest BCUT2D eigenvalue weighted by Gasteiger charge is -2.37. The van der Waals surface area contributed by atoms with E-state index in [4.69, 9.17) is 10.5 Å². The van der Waals surface area contributed by atoms with E-state index in [0.717, 1.165) is 18.6 Å². The predicted octanol–water partition coefficient (Wildman–Crippen LogP) is -1.95. The van der Waals surface area contributed by atoms with Crippen molar-refractivity contribution in [1.82, 2.24) is 9.55 Å². The summed E-state index contributed by atoms with van der Waals surface area (Å²) >= 11 is 1.66. The Hall–Kier alpha value is -1.61. The molecule has 3 rings (SSSR count). The minimum absolute atomic E-state index is 0.0107. The Morgan fingerprint density at radius 3 is 2.77 bits per heavy atom. The number of nitrogens with zero attached hydrogens (tertiary/aromatic N) is 2. The third kappa shape index (κ3) is 3.73. The number of aliphatic hydroxyl groups is 4. The van der Waals surface area contributed by atoms with Crippen LogP contribution in [0, 0.1) is 11.8 Å². The lowest BCUT2D eigenvalue weighted by molar-refractivity contribution is -0.214. The van der Waals surface area contributed by atoms with Gasteiger partial charge in [-0.3, -0.25) is 4.57 Å². The van der Waals surface area contributed by atoms with Crippen LogP contribution >= 0.6 is 11.8 Å². The van der Waals surface area contributed by atoms with E-state index in [2.05, 4.69) is 16.8 Å². The van der Waals surface area contributed by atoms with E-state index in [1.165, 1.54) is 10.8 Å². The highest BCUT2D eigenvalue weighted by Crippen LogP contribution is 2.34. The second-order valence-corrected chi connectivity index (χ2v) is 7.50. The second kappa shape index (κ2) is 7.96. The van der Waals surface area contributed by atoms with Crippen molar-refractivity contribution in [2.75, 3.05) is 18.1 Å². The number of hydrogen-bond acceptors (Lipinski definition) is 9. The summed E-state index contributed by atoms with van der Waals surface area (Å²) in [6, 6.07) is 0. The molecule has 3 heterocycles. The number of aromatic nitrogens is 2. The lowest BCUT2D eigenvalue weighted by Crippen LogP contribution is -2.58. The normalized spacial score (nSPS) is 34.3. The molecule has 9 nitrogen and oxygen atoms in total. The smallest absolute Gasteiger partial charge is 0.350 e. The largest absolute Gasteiger partial charge is 0.394 e. The number of nitrogens with two attached hydrogens (primary N) is 1. The van der Waals surface area contributed by atoms with E-state index >= 15 is 0 Å². The van der Waals surface area contributed by atoms with E-state index in [-0.39, 0.29) is 11.2 Å². The third-order valence-corrected chi connectivity index (χ3v) is 5.81. The molecule has 2 aliphatic rings. The molecule has 0 aliphatic carbocycles. The van der Waals surface area contributed by atoms with Gasteiger partial charge in [-0.05, 0) is 18.6 Å². The maximum absolute atomic E-state index is 12.1. The number of anilines is 1. The Kier molecular flexibility index (Phi) is 5.86. The molecule has 0 aromatic carbocycles. The van der Waals surface area contributed by atoms with Crippen molar-refractivity contribution in [1.29, 1.82) is 0 Å². The van der Waals surface area contributed by atoms with E-state index in [0.29, 0.717) is 5.56 Å². The minimum Gasteiger partial charge on any atom is -0.394 e. The Balaban J connectivity index is 1.87. The molecule has 0 spiro atoms. The van der Waals surface area contributed by atoms with Crippen molar-refractivity contribution in [2.24, 2.45) is 0 Å². The molecular formula is C16H21N3O6S. The molecule has 2 fully saturated rings. The van der Waals surface area contributed by atoms with Gasteiger partial charge in [0.05, 0.1) is 17.5 Å². The SMILES string of the molecule is Nc1nc(=O)n(C2CCCS2)cc1C#C[C@@H]1O[C@H](CO)[C@@H](O)[C@H](O)[C@@H]1O. The summed E-state index contributed by atoms with van der Waals surface area (Å²) in [5.41, 5.74) is 5.63. The van der Waals surface area contributed by atoms with Crippen LogP contribution in [0.5, 0.6) is 0 Å². The molecule has 1 unspecified atom stereocenters. The monoisotopic (exact) mass is 383 g/mol. The number of rotatable bonds is 2. The summed E-state index contributed by atoms with van der Waals surface area (Å²) in [4.78, 5) is 15.9. The zero-order valence-corrected chi connectivity index (χ0v) is 14.7. The zero-order valence-electron chi connectivity index (χ0n) is 13.9.